The second kappa shape index (κ2) is 13.3. The van der Waals surface area contributed by atoms with Crippen LogP contribution in [-0.2, 0) is 0 Å². The molecule has 5 heteroatoms. The Balaban J connectivity index is 1.00. The van der Waals surface area contributed by atoms with Gasteiger partial charge in [-0.25, -0.2) is 9.97 Å². The largest absolute Gasteiger partial charge is 0.455 e. The van der Waals surface area contributed by atoms with Crippen LogP contribution in [0.25, 0.3) is 110 Å². The first-order valence-electron chi connectivity index (χ1n) is 18.7. The number of rotatable bonds is 6. The topological polar surface area (TPSA) is 51.8 Å². The molecule has 56 heavy (non-hydrogen) atoms. The summed E-state index contributed by atoms with van der Waals surface area (Å²) >= 11 is 1.84. The van der Waals surface area contributed by atoms with Gasteiger partial charge in [-0.2, -0.15) is 0 Å². The molecule has 0 radical (unpaired) electrons. The zero-order valence-corrected chi connectivity index (χ0v) is 30.9. The second-order valence-corrected chi connectivity index (χ2v) is 15.1. The van der Waals surface area contributed by atoms with E-state index < -0.39 is 0 Å². The van der Waals surface area contributed by atoms with Crippen molar-refractivity contribution in [2.24, 2.45) is 0 Å². The van der Waals surface area contributed by atoms with E-state index in [1.807, 2.05) is 60.0 Å². The summed E-state index contributed by atoms with van der Waals surface area (Å²) in [7, 11) is 0. The average Bonchev–Trinajstić information content (AvgIpc) is 3.85. The molecule has 0 amide bonds. The Bertz CT molecular complexity index is 3220. The number of thiophene rings is 1. The van der Waals surface area contributed by atoms with E-state index in [9.17, 15) is 0 Å². The highest BCUT2D eigenvalue weighted by Crippen LogP contribution is 2.44. The molecule has 0 saturated carbocycles. The van der Waals surface area contributed by atoms with Gasteiger partial charge in [-0.1, -0.05) is 133 Å². The van der Waals surface area contributed by atoms with Crippen molar-refractivity contribution in [3.63, 3.8) is 0 Å². The van der Waals surface area contributed by atoms with Gasteiger partial charge in [-0.15, -0.1) is 11.3 Å². The number of fused-ring (bicyclic) bond motifs is 6. The van der Waals surface area contributed by atoms with Crippen LogP contribution in [0.4, 0.5) is 0 Å². The quantitative estimate of drug-likeness (QED) is 0.171. The van der Waals surface area contributed by atoms with Crippen LogP contribution in [0.1, 0.15) is 0 Å². The first-order chi connectivity index (χ1) is 27.7. The lowest BCUT2D eigenvalue weighted by atomic mass is 9.93. The fourth-order valence-electron chi connectivity index (χ4n) is 7.81. The number of para-hydroxylation sites is 1. The normalized spacial score (nSPS) is 11.6. The number of nitrogens with zero attached hydrogens (tertiary/aromatic N) is 3. The average molecular weight is 734 g/mol. The van der Waals surface area contributed by atoms with Gasteiger partial charge in [0.2, 0.25) is 0 Å². The third-order valence-corrected chi connectivity index (χ3v) is 11.8. The molecule has 0 atom stereocenters. The molecule has 0 saturated heterocycles. The molecule has 4 aromatic heterocycles. The van der Waals surface area contributed by atoms with E-state index in [0.29, 0.717) is 5.82 Å². The Hall–Kier alpha value is -7.21. The van der Waals surface area contributed by atoms with Crippen LogP contribution in [0.15, 0.2) is 193 Å². The van der Waals surface area contributed by atoms with E-state index in [1.165, 1.54) is 25.7 Å². The van der Waals surface area contributed by atoms with E-state index in [1.54, 1.807) is 0 Å². The first kappa shape index (κ1) is 32.2. The smallest absolute Gasteiger partial charge is 0.160 e. The zero-order chi connectivity index (χ0) is 37.0. The van der Waals surface area contributed by atoms with Gasteiger partial charge in [0.1, 0.15) is 11.2 Å². The molecule has 11 rings (SSSR count). The fourth-order valence-corrected chi connectivity index (χ4v) is 8.90. The number of hydrogen-bond acceptors (Lipinski definition) is 5. The second-order valence-electron chi connectivity index (χ2n) is 14.0. The zero-order valence-electron chi connectivity index (χ0n) is 30.1. The summed E-state index contributed by atoms with van der Waals surface area (Å²) in [5, 5.41) is 4.82. The summed E-state index contributed by atoms with van der Waals surface area (Å²) in [6.07, 6.45) is 1.82. The maximum absolute atomic E-state index is 6.70. The van der Waals surface area contributed by atoms with Gasteiger partial charge < -0.3 is 4.42 Å². The van der Waals surface area contributed by atoms with E-state index in [2.05, 4.69) is 145 Å². The van der Waals surface area contributed by atoms with Crippen LogP contribution >= 0.6 is 11.3 Å². The molecule has 11 aromatic rings. The Morgan fingerprint density at radius 3 is 1.75 bits per heavy atom. The Labute approximate surface area is 327 Å². The lowest BCUT2D eigenvalue weighted by molar-refractivity contribution is 0.670. The molecule has 0 unspecified atom stereocenters. The summed E-state index contributed by atoms with van der Waals surface area (Å²) < 4.78 is 9.31. The molecule has 262 valence electrons. The van der Waals surface area contributed by atoms with Gasteiger partial charge in [0.15, 0.2) is 5.82 Å². The van der Waals surface area contributed by atoms with Crippen LogP contribution in [0.3, 0.4) is 0 Å². The predicted molar refractivity (Wildman–Crippen MR) is 233 cm³/mol. The van der Waals surface area contributed by atoms with Crippen LogP contribution in [0.2, 0.25) is 0 Å². The van der Waals surface area contributed by atoms with Crippen LogP contribution in [0.5, 0.6) is 0 Å². The van der Waals surface area contributed by atoms with E-state index in [0.717, 1.165) is 78.0 Å². The number of pyridine rings is 1. The van der Waals surface area contributed by atoms with Crippen molar-refractivity contribution in [1.82, 2.24) is 15.0 Å². The number of aromatic nitrogens is 3. The Kier molecular flexibility index (Phi) is 7.64. The molecule has 0 aliphatic carbocycles. The molecule has 4 nitrogen and oxygen atoms in total. The highest BCUT2D eigenvalue weighted by molar-refractivity contribution is 7.25. The van der Waals surface area contributed by atoms with E-state index in [-0.39, 0.29) is 0 Å². The van der Waals surface area contributed by atoms with Gasteiger partial charge in [0.05, 0.1) is 17.1 Å². The molecular formula is C51H31N3OS. The Morgan fingerprint density at radius 2 is 1.00 bits per heavy atom. The maximum atomic E-state index is 6.70. The highest BCUT2D eigenvalue weighted by atomic mass is 32.1. The third kappa shape index (κ3) is 5.56. The van der Waals surface area contributed by atoms with Crippen LogP contribution in [-0.4, -0.2) is 15.0 Å². The maximum Gasteiger partial charge on any atom is 0.160 e. The lowest BCUT2D eigenvalue weighted by Gasteiger charge is -2.11. The number of hydrogen-bond donors (Lipinski definition) is 0. The minimum atomic E-state index is 0.684. The van der Waals surface area contributed by atoms with Gasteiger partial charge in [0.25, 0.3) is 0 Å². The van der Waals surface area contributed by atoms with Gasteiger partial charge in [-0.05, 0) is 65.2 Å². The summed E-state index contributed by atoms with van der Waals surface area (Å²) in [4.78, 5) is 14.7. The van der Waals surface area contributed by atoms with E-state index in [4.69, 9.17) is 14.4 Å². The summed E-state index contributed by atoms with van der Waals surface area (Å²) in [5.41, 5.74) is 12.9. The van der Waals surface area contributed by atoms with Crippen molar-refractivity contribution in [2.45, 2.75) is 0 Å². The monoisotopic (exact) mass is 733 g/mol. The molecule has 0 fully saturated rings. The summed E-state index contributed by atoms with van der Waals surface area (Å²) in [6.45, 7) is 0. The molecule has 0 spiro atoms. The highest BCUT2D eigenvalue weighted by Gasteiger charge is 2.19. The molecule has 0 aliphatic heterocycles. The van der Waals surface area contributed by atoms with Crippen LogP contribution in [0, 0.1) is 0 Å². The minimum Gasteiger partial charge on any atom is -0.455 e. The third-order valence-electron chi connectivity index (χ3n) is 10.6. The molecule has 0 bridgehead atoms. The first-order valence-corrected chi connectivity index (χ1v) is 19.5. The van der Waals surface area contributed by atoms with Gasteiger partial charge in [-0.3, -0.25) is 4.98 Å². The van der Waals surface area contributed by atoms with E-state index >= 15 is 0 Å². The van der Waals surface area contributed by atoms with Crippen molar-refractivity contribution in [1.29, 1.82) is 0 Å². The fraction of sp³-hybridized carbons (Fsp3) is 0. The molecular weight excluding hydrogens is 703 g/mol. The van der Waals surface area contributed by atoms with Crippen molar-refractivity contribution in [3.05, 3.63) is 188 Å². The van der Waals surface area contributed by atoms with Gasteiger partial charge >= 0.3 is 0 Å². The van der Waals surface area contributed by atoms with Gasteiger partial charge in [0, 0.05) is 65.0 Å². The molecule has 4 heterocycles. The van der Waals surface area contributed by atoms with Crippen molar-refractivity contribution < 1.29 is 4.42 Å². The Morgan fingerprint density at radius 1 is 0.393 bits per heavy atom. The minimum absolute atomic E-state index is 0.684. The van der Waals surface area contributed by atoms with Crippen molar-refractivity contribution in [2.75, 3.05) is 0 Å². The van der Waals surface area contributed by atoms with Crippen molar-refractivity contribution >= 4 is 53.4 Å². The molecule has 7 aromatic carbocycles. The molecule has 0 aliphatic rings. The number of benzene rings is 7. The predicted octanol–water partition coefficient (Wildman–Crippen LogP) is 14.1. The lowest BCUT2D eigenvalue weighted by Crippen LogP contribution is -1.96. The number of furan rings is 1. The summed E-state index contributed by atoms with van der Waals surface area (Å²) in [6, 6.07) is 63.6. The van der Waals surface area contributed by atoms with Crippen LogP contribution < -0.4 is 0 Å². The van der Waals surface area contributed by atoms with Crippen molar-refractivity contribution in [3.8, 4) is 67.4 Å². The molecule has 0 N–H and O–H groups in total. The SMILES string of the molecule is c1ccc(-c2nc(-c3ccc(-c4ccccn4)cc3)cc(-c3ccc(-c4ccc(-c5ccc6sc7ccccc7c6c5)c5c4oc4ccccc45)cc3)n2)cc1. The standard InChI is InChI=1S/C51H31N3OS/c1-2-10-36(11-3-1)51-53-44(31-45(54-51)35-23-21-33(22-24-35)43-14-8-9-29-52-43)34-19-17-32(18-20-34)39-27-26-38(49-41-13-4-6-15-46(41)55-50(39)49)37-25-28-48-42(30-37)40-12-5-7-16-47(40)56-48/h1-31H. The summed E-state index contributed by atoms with van der Waals surface area (Å²) in [5.74, 6) is 0.684.